The lowest BCUT2D eigenvalue weighted by Gasteiger charge is -2.21. The molecule has 0 bridgehead atoms. The van der Waals surface area contributed by atoms with Crippen molar-refractivity contribution >= 4 is 45.7 Å². The molecule has 1 aromatic carbocycles. The monoisotopic (exact) mass is 375 g/mol. The van der Waals surface area contributed by atoms with Crippen LogP contribution < -0.4 is 15.4 Å². The second kappa shape index (κ2) is 9.25. The summed E-state index contributed by atoms with van der Waals surface area (Å²) in [6.07, 6.45) is 8.71. The quantitative estimate of drug-likeness (QED) is 0.568. The molecule has 1 fully saturated rings. The highest BCUT2D eigenvalue weighted by molar-refractivity contribution is 7.99. The Bertz CT molecular complexity index is 717. The van der Waals surface area contributed by atoms with E-state index in [0.29, 0.717) is 5.11 Å². The molecule has 0 aliphatic heterocycles. The molecule has 3 rings (SSSR count). The van der Waals surface area contributed by atoms with Crippen LogP contribution in [0.5, 0.6) is 5.75 Å². The van der Waals surface area contributed by atoms with Gasteiger partial charge in [-0.2, -0.15) is 11.8 Å². The Hall–Kier alpha value is -1.53. The molecule has 0 atom stereocenters. The number of thioether (sulfide) groups is 1. The third-order valence-electron chi connectivity index (χ3n) is 4.49. The van der Waals surface area contributed by atoms with Gasteiger partial charge in [0, 0.05) is 34.8 Å². The number of nitrogens with one attached hydrogen (secondary N) is 2. The number of rotatable bonds is 6. The van der Waals surface area contributed by atoms with Gasteiger partial charge in [-0.05, 0) is 49.3 Å². The maximum Gasteiger partial charge on any atom is 0.170 e. The van der Waals surface area contributed by atoms with Crippen LogP contribution in [0.25, 0.3) is 10.9 Å². The van der Waals surface area contributed by atoms with E-state index in [-0.39, 0.29) is 0 Å². The largest absolute Gasteiger partial charge is 0.494 e. The highest BCUT2D eigenvalue weighted by Crippen LogP contribution is 2.30. The molecule has 4 nitrogen and oxygen atoms in total. The number of aromatic nitrogens is 1. The van der Waals surface area contributed by atoms with Gasteiger partial charge in [0.1, 0.15) is 11.3 Å². The van der Waals surface area contributed by atoms with Gasteiger partial charge in [-0.3, -0.25) is 4.98 Å². The van der Waals surface area contributed by atoms with Crippen molar-refractivity contribution in [2.75, 3.05) is 24.7 Å². The molecule has 1 aliphatic carbocycles. The molecular weight excluding hydrogens is 350 g/mol. The molecule has 2 N–H and O–H groups in total. The summed E-state index contributed by atoms with van der Waals surface area (Å²) in [5.74, 6) is 1.86. The summed E-state index contributed by atoms with van der Waals surface area (Å²) in [6, 6.07) is 7.84. The smallest absolute Gasteiger partial charge is 0.170 e. The summed E-state index contributed by atoms with van der Waals surface area (Å²) in [5.41, 5.74) is 1.78. The summed E-state index contributed by atoms with van der Waals surface area (Å²) in [7, 11) is 1.66. The zero-order chi connectivity index (χ0) is 17.5. The molecule has 1 aliphatic rings. The van der Waals surface area contributed by atoms with E-state index in [9.17, 15) is 0 Å². The lowest BCUT2D eigenvalue weighted by molar-refractivity contribution is 0.419. The van der Waals surface area contributed by atoms with Crippen LogP contribution in [-0.4, -0.2) is 34.8 Å². The lowest BCUT2D eigenvalue weighted by Crippen LogP contribution is -2.30. The van der Waals surface area contributed by atoms with E-state index in [1.54, 1.807) is 13.3 Å². The SMILES string of the molecule is COc1ccc(NC(=S)NCCSC2CCCCC2)c2cccnc12. The topological polar surface area (TPSA) is 46.2 Å². The Labute approximate surface area is 159 Å². The lowest BCUT2D eigenvalue weighted by atomic mass is 10.0. The summed E-state index contributed by atoms with van der Waals surface area (Å²) in [4.78, 5) is 4.42. The minimum absolute atomic E-state index is 0.652. The molecule has 1 saturated carbocycles. The minimum Gasteiger partial charge on any atom is -0.494 e. The number of thiocarbonyl (C=S) groups is 1. The number of pyridine rings is 1. The number of methoxy groups -OCH3 is 1. The number of hydrogen-bond acceptors (Lipinski definition) is 4. The molecule has 0 spiro atoms. The summed E-state index contributed by atoms with van der Waals surface area (Å²) in [6.45, 7) is 0.888. The Balaban J connectivity index is 1.52. The van der Waals surface area contributed by atoms with Crippen LogP contribution in [0.4, 0.5) is 5.69 Å². The normalized spacial score (nSPS) is 15.1. The van der Waals surface area contributed by atoms with Gasteiger partial charge < -0.3 is 15.4 Å². The van der Waals surface area contributed by atoms with Crippen molar-refractivity contribution in [1.29, 1.82) is 0 Å². The van der Waals surface area contributed by atoms with Gasteiger partial charge in [0.15, 0.2) is 5.11 Å². The molecule has 134 valence electrons. The Morgan fingerprint density at radius 3 is 2.92 bits per heavy atom. The Morgan fingerprint density at radius 2 is 2.12 bits per heavy atom. The van der Waals surface area contributed by atoms with Crippen molar-refractivity contribution in [2.45, 2.75) is 37.4 Å². The molecule has 2 aromatic rings. The van der Waals surface area contributed by atoms with Crippen LogP contribution in [-0.2, 0) is 0 Å². The third kappa shape index (κ3) is 4.98. The highest BCUT2D eigenvalue weighted by Gasteiger charge is 2.13. The van der Waals surface area contributed by atoms with Crippen molar-refractivity contribution in [3.63, 3.8) is 0 Å². The van der Waals surface area contributed by atoms with Crippen molar-refractivity contribution < 1.29 is 4.74 Å². The molecule has 0 amide bonds. The minimum atomic E-state index is 0.652. The maximum absolute atomic E-state index is 5.45. The zero-order valence-electron chi connectivity index (χ0n) is 14.6. The van der Waals surface area contributed by atoms with Crippen LogP contribution in [0.2, 0.25) is 0 Å². The van der Waals surface area contributed by atoms with Gasteiger partial charge in [0.2, 0.25) is 0 Å². The van der Waals surface area contributed by atoms with E-state index in [4.69, 9.17) is 17.0 Å². The van der Waals surface area contributed by atoms with Gasteiger partial charge in [0.05, 0.1) is 7.11 Å². The fourth-order valence-corrected chi connectivity index (χ4v) is 4.64. The predicted molar refractivity (Wildman–Crippen MR) is 112 cm³/mol. The van der Waals surface area contributed by atoms with Crippen molar-refractivity contribution in [1.82, 2.24) is 10.3 Å². The molecule has 0 unspecified atom stereocenters. The van der Waals surface area contributed by atoms with Crippen molar-refractivity contribution in [2.24, 2.45) is 0 Å². The number of hydrogen-bond donors (Lipinski definition) is 2. The van der Waals surface area contributed by atoms with Crippen LogP contribution in [0, 0.1) is 0 Å². The molecular formula is C19H25N3OS2. The molecule has 1 heterocycles. The molecule has 6 heteroatoms. The summed E-state index contributed by atoms with van der Waals surface area (Å²) >= 11 is 7.52. The Morgan fingerprint density at radius 1 is 1.28 bits per heavy atom. The number of ether oxygens (including phenoxy) is 1. The van der Waals surface area contributed by atoms with Gasteiger partial charge >= 0.3 is 0 Å². The average Bonchev–Trinajstić information content (AvgIpc) is 2.66. The van der Waals surface area contributed by atoms with E-state index in [2.05, 4.69) is 27.4 Å². The third-order valence-corrected chi connectivity index (χ3v) is 6.12. The fraction of sp³-hybridized carbons (Fsp3) is 0.474. The first-order chi connectivity index (χ1) is 12.3. The number of fused-ring (bicyclic) bond motifs is 1. The first-order valence-corrected chi connectivity index (χ1v) is 10.3. The van der Waals surface area contributed by atoms with Gasteiger partial charge in [-0.1, -0.05) is 19.3 Å². The van der Waals surface area contributed by atoms with Gasteiger partial charge in [-0.25, -0.2) is 0 Å². The van der Waals surface area contributed by atoms with Crippen LogP contribution in [0.1, 0.15) is 32.1 Å². The molecule has 0 saturated heterocycles. The van der Waals surface area contributed by atoms with Crippen LogP contribution in [0.3, 0.4) is 0 Å². The maximum atomic E-state index is 5.45. The highest BCUT2D eigenvalue weighted by atomic mass is 32.2. The number of nitrogens with zero attached hydrogens (tertiary/aromatic N) is 1. The van der Waals surface area contributed by atoms with Crippen LogP contribution >= 0.6 is 24.0 Å². The predicted octanol–water partition coefficient (Wildman–Crippen LogP) is 4.60. The Kier molecular flexibility index (Phi) is 6.76. The second-order valence-electron chi connectivity index (χ2n) is 6.23. The van der Waals surface area contributed by atoms with Gasteiger partial charge in [-0.15, -0.1) is 0 Å². The average molecular weight is 376 g/mol. The van der Waals surface area contributed by atoms with Crippen molar-refractivity contribution in [3.05, 3.63) is 30.5 Å². The van der Waals surface area contributed by atoms with E-state index < -0.39 is 0 Å². The first kappa shape index (κ1) is 18.3. The van der Waals surface area contributed by atoms with Gasteiger partial charge in [0.25, 0.3) is 0 Å². The summed E-state index contributed by atoms with van der Waals surface area (Å²) < 4.78 is 5.38. The van der Waals surface area contributed by atoms with Crippen LogP contribution in [0.15, 0.2) is 30.5 Å². The summed E-state index contributed by atoms with van der Waals surface area (Å²) in [5, 5.41) is 9.10. The molecule has 25 heavy (non-hydrogen) atoms. The first-order valence-electron chi connectivity index (χ1n) is 8.86. The standard InChI is InChI=1S/C19H25N3OS2/c1-23-17-10-9-16(15-8-5-11-20-18(15)17)22-19(24)21-12-13-25-14-6-3-2-4-7-14/h5,8-11,14H,2-4,6-7,12-13H2,1H3,(H2,21,22,24). The zero-order valence-corrected chi connectivity index (χ0v) is 16.2. The number of anilines is 1. The van der Waals surface area contributed by atoms with E-state index >= 15 is 0 Å². The second-order valence-corrected chi connectivity index (χ2v) is 8.04. The molecule has 1 aromatic heterocycles. The van der Waals surface area contributed by atoms with Crippen molar-refractivity contribution in [3.8, 4) is 5.75 Å². The van der Waals surface area contributed by atoms with E-state index in [0.717, 1.165) is 39.9 Å². The fourth-order valence-electron chi connectivity index (χ4n) is 3.21. The van der Waals surface area contributed by atoms with E-state index in [1.165, 1.54) is 32.1 Å². The number of benzene rings is 1. The molecule has 0 radical (unpaired) electrons. The van der Waals surface area contributed by atoms with E-state index in [1.807, 2.05) is 24.3 Å².